The molecule has 0 saturated heterocycles. The van der Waals surface area contributed by atoms with Crippen molar-refractivity contribution >= 4 is 23.6 Å². The first-order chi connectivity index (χ1) is 14.3. The molecule has 162 valence electrons. The lowest BCUT2D eigenvalue weighted by molar-refractivity contribution is 0.0981. The van der Waals surface area contributed by atoms with Crippen molar-refractivity contribution in [2.24, 2.45) is 0 Å². The van der Waals surface area contributed by atoms with E-state index in [0.717, 1.165) is 18.5 Å². The van der Waals surface area contributed by atoms with Crippen LogP contribution in [0.1, 0.15) is 44.7 Å². The average molecular weight is 417 g/mol. The number of aromatic amines is 1. The molecule has 1 aliphatic carbocycles. The molecule has 0 aliphatic heterocycles. The Bertz CT molecular complexity index is 897. The average Bonchev–Trinajstić information content (AvgIpc) is 3.32. The number of nitrogens with zero attached hydrogens (tertiary/aromatic N) is 1. The van der Waals surface area contributed by atoms with Gasteiger partial charge in [-0.25, -0.2) is 9.59 Å². The van der Waals surface area contributed by atoms with E-state index in [1.807, 2.05) is 13.8 Å². The van der Waals surface area contributed by atoms with Gasteiger partial charge < -0.3 is 25.2 Å². The van der Waals surface area contributed by atoms with Crippen LogP contribution in [0.4, 0.5) is 21.1 Å². The molecule has 10 nitrogen and oxygen atoms in total. The van der Waals surface area contributed by atoms with Crippen LogP contribution in [0.25, 0.3) is 0 Å². The van der Waals surface area contributed by atoms with Gasteiger partial charge in [-0.3, -0.25) is 10.4 Å². The molecule has 1 aliphatic rings. The third-order valence-corrected chi connectivity index (χ3v) is 4.78. The van der Waals surface area contributed by atoms with Gasteiger partial charge >= 0.3 is 12.1 Å². The van der Waals surface area contributed by atoms with E-state index in [9.17, 15) is 14.7 Å². The van der Waals surface area contributed by atoms with Crippen LogP contribution >= 0.6 is 0 Å². The van der Waals surface area contributed by atoms with E-state index in [1.165, 1.54) is 19.2 Å². The summed E-state index contributed by atoms with van der Waals surface area (Å²) in [6.45, 7) is 3.76. The number of ether oxygens (including phenoxy) is 2. The Balaban J connectivity index is 1.51. The Labute approximate surface area is 174 Å². The molecule has 2 aromatic rings. The number of urea groups is 1. The minimum Gasteiger partial charge on any atom is -0.504 e. The van der Waals surface area contributed by atoms with E-state index in [2.05, 4.69) is 26.1 Å². The number of aromatic nitrogens is 2. The van der Waals surface area contributed by atoms with Gasteiger partial charge in [-0.15, -0.1) is 0 Å². The molecule has 0 spiro atoms. The number of aromatic hydroxyl groups is 1. The summed E-state index contributed by atoms with van der Waals surface area (Å²) in [7, 11) is 1.43. The topological polar surface area (TPSA) is 138 Å². The molecule has 3 rings (SSSR count). The first-order valence-corrected chi connectivity index (χ1v) is 9.81. The van der Waals surface area contributed by atoms with E-state index < -0.39 is 12.1 Å². The van der Waals surface area contributed by atoms with Crippen LogP contribution in [0.5, 0.6) is 11.5 Å². The maximum absolute atomic E-state index is 12.2. The Kier molecular flexibility index (Phi) is 6.65. The quantitative estimate of drug-likeness (QED) is 0.456. The molecule has 1 aromatic heterocycles. The largest absolute Gasteiger partial charge is 0.504 e. The monoisotopic (exact) mass is 417 g/mol. The third kappa shape index (κ3) is 5.56. The number of hydrogen-bond donors (Lipinski definition) is 5. The molecule has 2 atom stereocenters. The summed E-state index contributed by atoms with van der Waals surface area (Å²) in [6, 6.07) is 5.84. The van der Waals surface area contributed by atoms with E-state index in [0.29, 0.717) is 17.9 Å². The van der Waals surface area contributed by atoms with Crippen LogP contribution in [-0.2, 0) is 4.74 Å². The van der Waals surface area contributed by atoms with Gasteiger partial charge in [0, 0.05) is 35.5 Å². The predicted octanol–water partition coefficient (Wildman–Crippen LogP) is 3.54. The van der Waals surface area contributed by atoms with Crippen molar-refractivity contribution in [1.29, 1.82) is 0 Å². The Hall–Kier alpha value is -3.43. The summed E-state index contributed by atoms with van der Waals surface area (Å²) in [6.07, 6.45) is 1.81. The normalized spacial score (nSPS) is 18.1. The van der Waals surface area contributed by atoms with Gasteiger partial charge in [-0.1, -0.05) is 0 Å². The maximum atomic E-state index is 12.2. The van der Waals surface area contributed by atoms with Gasteiger partial charge in [-0.2, -0.15) is 5.10 Å². The van der Waals surface area contributed by atoms with Gasteiger partial charge in [0.15, 0.2) is 17.3 Å². The molecule has 0 unspecified atom stereocenters. The second kappa shape index (κ2) is 9.38. The van der Waals surface area contributed by atoms with Crippen molar-refractivity contribution in [2.45, 2.75) is 51.2 Å². The Morgan fingerprint density at radius 3 is 2.77 bits per heavy atom. The first kappa shape index (κ1) is 21.3. The second-order valence-corrected chi connectivity index (χ2v) is 7.51. The Morgan fingerprint density at radius 2 is 2.03 bits per heavy atom. The van der Waals surface area contributed by atoms with Crippen molar-refractivity contribution < 1.29 is 24.2 Å². The number of hydrogen-bond acceptors (Lipinski definition) is 6. The highest BCUT2D eigenvalue weighted by Crippen LogP contribution is 2.36. The fraction of sp³-hybridized carbons (Fsp3) is 0.450. The lowest BCUT2D eigenvalue weighted by atomic mass is 10.0. The molecular weight excluding hydrogens is 390 g/mol. The number of H-pyrrole nitrogens is 1. The number of phenolic OH excluding ortho intramolecular Hbond substituents is 1. The minimum absolute atomic E-state index is 0.0130. The molecule has 0 radical (unpaired) electrons. The highest BCUT2D eigenvalue weighted by atomic mass is 16.6. The number of amides is 3. The summed E-state index contributed by atoms with van der Waals surface area (Å²) >= 11 is 0. The number of anilines is 2. The number of alkyl carbamates (subject to hydrolysis) is 1. The van der Waals surface area contributed by atoms with Gasteiger partial charge in [0.1, 0.15) is 6.10 Å². The summed E-state index contributed by atoms with van der Waals surface area (Å²) in [5.74, 6) is 0.806. The first-order valence-electron chi connectivity index (χ1n) is 9.81. The lowest BCUT2D eigenvalue weighted by Crippen LogP contribution is -2.33. The molecule has 1 heterocycles. The van der Waals surface area contributed by atoms with E-state index in [4.69, 9.17) is 9.47 Å². The van der Waals surface area contributed by atoms with Gasteiger partial charge in [0.25, 0.3) is 0 Å². The number of carbonyl (C=O) groups is 2. The molecule has 1 fully saturated rings. The summed E-state index contributed by atoms with van der Waals surface area (Å²) < 4.78 is 10.5. The van der Waals surface area contributed by atoms with E-state index in [-0.39, 0.29) is 29.6 Å². The zero-order valence-electron chi connectivity index (χ0n) is 17.2. The van der Waals surface area contributed by atoms with Crippen molar-refractivity contribution in [2.75, 3.05) is 17.7 Å². The van der Waals surface area contributed by atoms with Crippen molar-refractivity contribution in [1.82, 2.24) is 15.5 Å². The SMILES string of the molecule is COc1cc(NC(=O)Nc2cc([C@H]3CC[C@@H](OC(=O)NC(C)C)C3)[nH]n2)ccc1O. The molecule has 10 heteroatoms. The number of methoxy groups -OCH3 is 1. The number of rotatable bonds is 6. The standard InChI is InChI=1S/C20H27N5O5/c1-11(2)21-20(28)30-14-6-4-12(8-14)15-10-18(25-24-15)23-19(27)22-13-5-7-16(26)17(9-13)29-3/h5,7,9-12,14,26H,4,6,8H2,1-3H3,(H,21,28)(H3,22,23,24,25,27)/t12-,14+/m0/s1. The maximum Gasteiger partial charge on any atom is 0.407 e. The number of benzene rings is 1. The molecule has 5 N–H and O–H groups in total. The zero-order chi connectivity index (χ0) is 21.7. The van der Waals surface area contributed by atoms with Crippen LogP contribution in [0, 0.1) is 0 Å². The lowest BCUT2D eigenvalue weighted by Gasteiger charge is -2.14. The van der Waals surface area contributed by atoms with Crippen LogP contribution in [-0.4, -0.2) is 46.7 Å². The third-order valence-electron chi connectivity index (χ3n) is 4.78. The van der Waals surface area contributed by atoms with Crippen LogP contribution in [0.3, 0.4) is 0 Å². The molecule has 1 saturated carbocycles. The fourth-order valence-electron chi connectivity index (χ4n) is 3.39. The second-order valence-electron chi connectivity index (χ2n) is 7.51. The molecule has 30 heavy (non-hydrogen) atoms. The summed E-state index contributed by atoms with van der Waals surface area (Å²) in [5.41, 5.74) is 1.35. The van der Waals surface area contributed by atoms with Crippen molar-refractivity contribution in [3.8, 4) is 11.5 Å². The predicted molar refractivity (Wildman–Crippen MR) is 111 cm³/mol. The van der Waals surface area contributed by atoms with Crippen LogP contribution in [0.2, 0.25) is 0 Å². The minimum atomic E-state index is -0.473. The summed E-state index contributed by atoms with van der Waals surface area (Å²) in [4.78, 5) is 24.0. The number of nitrogens with one attached hydrogen (secondary N) is 4. The molecule has 0 bridgehead atoms. The molecule has 3 amide bonds. The Morgan fingerprint density at radius 1 is 1.23 bits per heavy atom. The zero-order valence-corrected chi connectivity index (χ0v) is 17.2. The fourth-order valence-corrected chi connectivity index (χ4v) is 3.39. The number of phenols is 1. The summed E-state index contributed by atoms with van der Waals surface area (Å²) in [5, 5.41) is 24.7. The van der Waals surface area contributed by atoms with Gasteiger partial charge in [0.2, 0.25) is 0 Å². The van der Waals surface area contributed by atoms with Crippen LogP contribution in [0.15, 0.2) is 24.3 Å². The van der Waals surface area contributed by atoms with E-state index >= 15 is 0 Å². The smallest absolute Gasteiger partial charge is 0.407 e. The highest BCUT2D eigenvalue weighted by Gasteiger charge is 2.30. The van der Waals surface area contributed by atoms with Crippen molar-refractivity contribution in [3.05, 3.63) is 30.0 Å². The van der Waals surface area contributed by atoms with Gasteiger partial charge in [-0.05, 0) is 45.2 Å². The van der Waals surface area contributed by atoms with Crippen LogP contribution < -0.4 is 20.7 Å². The highest BCUT2D eigenvalue weighted by molar-refractivity contribution is 5.99. The van der Waals surface area contributed by atoms with Crippen molar-refractivity contribution in [3.63, 3.8) is 0 Å². The van der Waals surface area contributed by atoms with Gasteiger partial charge in [0.05, 0.1) is 7.11 Å². The van der Waals surface area contributed by atoms with E-state index in [1.54, 1.807) is 12.1 Å². The number of carbonyl (C=O) groups excluding carboxylic acids is 2. The molecule has 1 aromatic carbocycles. The molecular formula is C20H27N5O5.